The Kier molecular flexibility index (Phi) is 7.28. The van der Waals surface area contributed by atoms with Crippen LogP contribution in [-0.4, -0.2) is 43.0 Å². The van der Waals surface area contributed by atoms with Crippen LogP contribution >= 0.6 is 0 Å². The lowest BCUT2D eigenvalue weighted by atomic mass is 9.79. The molecule has 37 heavy (non-hydrogen) atoms. The molecule has 6 nitrogen and oxygen atoms in total. The normalized spacial score (nSPS) is 21.9. The zero-order valence-corrected chi connectivity index (χ0v) is 21.7. The first-order valence-electron chi connectivity index (χ1n) is 13.4. The highest BCUT2D eigenvalue weighted by Gasteiger charge is 2.56. The number of rotatable bonds is 7. The number of carbonyl (C=O) groups is 2. The molecule has 5 rings (SSSR count). The van der Waals surface area contributed by atoms with Crippen LogP contribution in [-0.2, 0) is 4.79 Å². The van der Waals surface area contributed by atoms with Crippen molar-refractivity contribution in [1.29, 1.82) is 0 Å². The summed E-state index contributed by atoms with van der Waals surface area (Å²) in [4.78, 5) is 27.5. The monoisotopic (exact) mass is 496 g/mol. The Morgan fingerprint density at radius 1 is 0.973 bits per heavy atom. The molecule has 1 aliphatic heterocycles. The highest BCUT2D eigenvalue weighted by atomic mass is 16.2. The molecule has 192 valence electrons. The molecule has 3 amide bonds. The van der Waals surface area contributed by atoms with E-state index >= 15 is 0 Å². The summed E-state index contributed by atoms with van der Waals surface area (Å²) in [6, 6.07) is 17.4. The Hall–Kier alpha value is -3.64. The number of hydrogen-bond donors (Lipinski definition) is 3. The lowest BCUT2D eigenvalue weighted by Gasteiger charge is -2.28. The fraction of sp³-hybridized carbons (Fsp3) is 0.355. The maximum absolute atomic E-state index is 13.0. The van der Waals surface area contributed by atoms with Gasteiger partial charge in [0.2, 0.25) is 0 Å². The van der Waals surface area contributed by atoms with Gasteiger partial charge in [-0.1, -0.05) is 54.1 Å². The Morgan fingerprint density at radius 2 is 1.68 bits per heavy atom. The highest BCUT2D eigenvalue weighted by Crippen LogP contribution is 2.65. The summed E-state index contributed by atoms with van der Waals surface area (Å²) in [5.74, 6) is 0.441. The summed E-state index contributed by atoms with van der Waals surface area (Å²) in [6.45, 7) is 7.43. The van der Waals surface area contributed by atoms with Gasteiger partial charge in [0.1, 0.15) is 0 Å². The van der Waals surface area contributed by atoms with E-state index in [0.717, 1.165) is 68.0 Å². The number of allylic oxidation sites excluding steroid dienone is 3. The molecular weight excluding hydrogens is 460 g/mol. The van der Waals surface area contributed by atoms with E-state index < -0.39 is 0 Å². The third-order valence-electron chi connectivity index (χ3n) is 7.76. The fourth-order valence-corrected chi connectivity index (χ4v) is 5.77. The van der Waals surface area contributed by atoms with Crippen molar-refractivity contribution >= 4 is 28.9 Å². The van der Waals surface area contributed by atoms with Crippen LogP contribution in [0.25, 0.3) is 5.57 Å². The number of urea groups is 1. The first-order chi connectivity index (χ1) is 18.0. The predicted molar refractivity (Wildman–Crippen MR) is 150 cm³/mol. The molecule has 2 fully saturated rings. The molecule has 1 saturated heterocycles. The van der Waals surface area contributed by atoms with Gasteiger partial charge in [-0.05, 0) is 87.5 Å². The van der Waals surface area contributed by atoms with Gasteiger partial charge in [-0.25, -0.2) is 4.79 Å². The zero-order chi connectivity index (χ0) is 25.8. The quantitative estimate of drug-likeness (QED) is 0.451. The van der Waals surface area contributed by atoms with Gasteiger partial charge in [-0.2, -0.15) is 0 Å². The van der Waals surface area contributed by atoms with E-state index in [1.807, 2.05) is 67.3 Å². The number of hydrogen-bond acceptors (Lipinski definition) is 3. The van der Waals surface area contributed by atoms with Gasteiger partial charge in [-0.15, -0.1) is 0 Å². The van der Waals surface area contributed by atoms with Crippen LogP contribution in [0.2, 0.25) is 0 Å². The van der Waals surface area contributed by atoms with Crippen LogP contribution in [0, 0.1) is 11.3 Å². The second-order valence-corrected chi connectivity index (χ2v) is 10.0. The van der Waals surface area contributed by atoms with Crippen LogP contribution < -0.4 is 16.0 Å². The standard InChI is InChI=1S/C31H36N4O2/c1-3-35(4-2)29(36)24-13-16-31(21-25(31)19-24)28(22-14-17-32-18-15-22)23-9-8-12-27(20-23)34-30(37)33-26-10-6-5-7-11-26/h5-13,16,19-20,25,32H,3-4,14-15,17-18,21H2,1-2H3,(H2,33,34,37). The second kappa shape index (κ2) is 10.8. The highest BCUT2D eigenvalue weighted by molar-refractivity contribution is 6.00. The summed E-state index contributed by atoms with van der Waals surface area (Å²) in [5, 5.41) is 9.37. The third kappa shape index (κ3) is 5.25. The van der Waals surface area contributed by atoms with Crippen molar-refractivity contribution in [3.8, 4) is 0 Å². The first kappa shape index (κ1) is 25.0. The minimum Gasteiger partial charge on any atom is -0.339 e. The van der Waals surface area contributed by atoms with E-state index in [0.29, 0.717) is 5.92 Å². The van der Waals surface area contributed by atoms with Gasteiger partial charge in [0.15, 0.2) is 0 Å². The summed E-state index contributed by atoms with van der Waals surface area (Å²) in [6.07, 6.45) is 9.55. The summed E-state index contributed by atoms with van der Waals surface area (Å²) >= 11 is 0. The van der Waals surface area contributed by atoms with E-state index in [-0.39, 0.29) is 17.4 Å². The smallest absolute Gasteiger partial charge is 0.323 e. The number of carbonyl (C=O) groups excluding carboxylic acids is 2. The number of piperidine rings is 1. The second-order valence-electron chi connectivity index (χ2n) is 10.0. The number of fused-ring (bicyclic) bond motifs is 1. The topological polar surface area (TPSA) is 73.5 Å². The Balaban J connectivity index is 1.41. The van der Waals surface area contributed by atoms with Crippen molar-refractivity contribution in [2.75, 3.05) is 36.8 Å². The van der Waals surface area contributed by atoms with E-state index in [9.17, 15) is 9.59 Å². The fourth-order valence-electron chi connectivity index (χ4n) is 5.77. The number of anilines is 2. The van der Waals surface area contributed by atoms with Crippen LogP contribution in [0.4, 0.5) is 16.2 Å². The van der Waals surface area contributed by atoms with Gasteiger partial charge >= 0.3 is 6.03 Å². The molecule has 2 aromatic rings. The maximum atomic E-state index is 13.0. The Morgan fingerprint density at radius 3 is 2.38 bits per heavy atom. The molecule has 3 N–H and O–H groups in total. The number of nitrogens with one attached hydrogen (secondary N) is 3. The van der Waals surface area contributed by atoms with Gasteiger partial charge in [0, 0.05) is 35.5 Å². The number of nitrogens with zero attached hydrogens (tertiary/aromatic N) is 1. The average molecular weight is 497 g/mol. The molecule has 0 bridgehead atoms. The van der Waals surface area contributed by atoms with E-state index in [4.69, 9.17) is 0 Å². The lowest BCUT2D eigenvalue weighted by molar-refractivity contribution is -0.126. The minimum absolute atomic E-state index is 0.0787. The maximum Gasteiger partial charge on any atom is 0.323 e. The van der Waals surface area contributed by atoms with Crippen molar-refractivity contribution in [3.63, 3.8) is 0 Å². The van der Waals surface area contributed by atoms with Gasteiger partial charge in [0.05, 0.1) is 0 Å². The molecular formula is C31H36N4O2. The number of benzene rings is 2. The zero-order valence-electron chi connectivity index (χ0n) is 21.7. The summed E-state index contributed by atoms with van der Waals surface area (Å²) < 4.78 is 0. The Labute approximate surface area is 219 Å². The van der Waals surface area contributed by atoms with Gasteiger partial charge in [-0.3, -0.25) is 4.79 Å². The minimum atomic E-state index is -0.262. The SMILES string of the molecule is CCN(CC)C(=O)C1=CC2CC2(C(=C2CCNCC2)c2cccc(NC(=O)Nc3ccccc3)c2)C=C1. The van der Waals surface area contributed by atoms with Crippen molar-refractivity contribution in [3.05, 3.63) is 89.5 Å². The van der Waals surface area contributed by atoms with Crippen molar-refractivity contribution in [2.24, 2.45) is 11.3 Å². The third-order valence-corrected chi connectivity index (χ3v) is 7.76. The van der Waals surface area contributed by atoms with E-state index in [2.05, 4.69) is 40.2 Å². The van der Waals surface area contributed by atoms with Crippen molar-refractivity contribution in [2.45, 2.75) is 33.1 Å². The molecule has 0 spiro atoms. The first-order valence-corrected chi connectivity index (χ1v) is 13.4. The van der Waals surface area contributed by atoms with Gasteiger partial charge in [0.25, 0.3) is 5.91 Å². The molecule has 0 radical (unpaired) electrons. The molecule has 2 unspecified atom stereocenters. The molecule has 1 heterocycles. The molecule has 1 saturated carbocycles. The summed E-state index contributed by atoms with van der Waals surface area (Å²) in [7, 11) is 0. The molecule has 2 aromatic carbocycles. The van der Waals surface area contributed by atoms with E-state index in [1.54, 1.807) is 0 Å². The van der Waals surface area contributed by atoms with Crippen LogP contribution in [0.15, 0.2) is 84.0 Å². The molecule has 2 aliphatic carbocycles. The largest absolute Gasteiger partial charge is 0.339 e. The van der Waals surface area contributed by atoms with E-state index in [1.165, 1.54) is 11.1 Å². The number of amides is 3. The van der Waals surface area contributed by atoms with Gasteiger partial charge < -0.3 is 20.9 Å². The molecule has 2 atom stereocenters. The van der Waals surface area contributed by atoms with Crippen molar-refractivity contribution in [1.82, 2.24) is 10.2 Å². The predicted octanol–water partition coefficient (Wildman–Crippen LogP) is 5.84. The molecule has 3 aliphatic rings. The summed E-state index contributed by atoms with van der Waals surface area (Å²) in [5.41, 5.74) is 6.24. The number of likely N-dealkylation sites (N-methyl/N-ethyl adjacent to an activating group) is 1. The molecule has 6 heteroatoms. The lowest BCUT2D eigenvalue weighted by Crippen LogP contribution is -2.32. The van der Waals surface area contributed by atoms with Crippen LogP contribution in [0.3, 0.4) is 0 Å². The average Bonchev–Trinajstić information content (AvgIpc) is 3.65. The molecule has 0 aromatic heterocycles. The van der Waals surface area contributed by atoms with Crippen LogP contribution in [0.5, 0.6) is 0 Å². The Bertz CT molecular complexity index is 1250. The number of para-hydroxylation sites is 1. The van der Waals surface area contributed by atoms with Crippen molar-refractivity contribution < 1.29 is 9.59 Å². The van der Waals surface area contributed by atoms with Crippen LogP contribution in [0.1, 0.15) is 38.7 Å².